The van der Waals surface area contributed by atoms with Gasteiger partial charge in [0.25, 0.3) is 0 Å². The van der Waals surface area contributed by atoms with Crippen LogP contribution < -0.4 is 10.6 Å². The molecule has 0 fully saturated rings. The van der Waals surface area contributed by atoms with Gasteiger partial charge in [0.2, 0.25) is 0 Å². The van der Waals surface area contributed by atoms with Crippen LogP contribution in [0.15, 0.2) is 29.0 Å². The van der Waals surface area contributed by atoms with Crippen molar-refractivity contribution in [2.24, 2.45) is 0 Å². The highest BCUT2D eigenvalue weighted by Crippen LogP contribution is 2.26. The van der Waals surface area contributed by atoms with E-state index >= 15 is 0 Å². The number of hydrogen-bond acceptors (Lipinski definition) is 4. The average Bonchev–Trinajstić information content (AvgIpc) is 2.36. The van der Waals surface area contributed by atoms with E-state index in [1.807, 2.05) is 13.1 Å². The van der Waals surface area contributed by atoms with E-state index in [2.05, 4.69) is 62.5 Å². The van der Waals surface area contributed by atoms with Crippen molar-refractivity contribution in [2.75, 3.05) is 17.7 Å². The number of nitrogens with one attached hydrogen (secondary N) is 2. The average molecular weight is 307 g/mol. The summed E-state index contributed by atoms with van der Waals surface area (Å²) in [6.45, 7) is 4.14. The molecule has 4 nitrogen and oxygen atoms in total. The van der Waals surface area contributed by atoms with Gasteiger partial charge in [0.15, 0.2) is 0 Å². The van der Waals surface area contributed by atoms with E-state index in [0.29, 0.717) is 0 Å². The Balaban J connectivity index is 2.28. The summed E-state index contributed by atoms with van der Waals surface area (Å²) in [6, 6.07) is 6.03. The van der Waals surface area contributed by atoms with Crippen molar-refractivity contribution in [1.29, 1.82) is 0 Å². The molecule has 0 spiro atoms. The van der Waals surface area contributed by atoms with Crippen molar-refractivity contribution in [3.63, 3.8) is 0 Å². The maximum absolute atomic E-state index is 4.19. The van der Waals surface area contributed by atoms with E-state index in [1.165, 1.54) is 17.5 Å². The molecule has 0 saturated carbocycles. The molecule has 0 aliphatic rings. The van der Waals surface area contributed by atoms with Crippen LogP contribution in [-0.4, -0.2) is 17.0 Å². The molecule has 2 rings (SSSR count). The van der Waals surface area contributed by atoms with Gasteiger partial charge in [0.05, 0.1) is 0 Å². The minimum atomic E-state index is 0.774. The third-order valence-electron chi connectivity index (χ3n) is 2.63. The summed E-state index contributed by atoms with van der Waals surface area (Å²) in [6.07, 6.45) is 1.53. The number of hydrogen-bond donors (Lipinski definition) is 2. The number of nitrogens with zero attached hydrogens (tertiary/aromatic N) is 2. The molecule has 1 aromatic heterocycles. The van der Waals surface area contributed by atoms with Gasteiger partial charge in [-0.05, 0) is 37.1 Å². The summed E-state index contributed by atoms with van der Waals surface area (Å²) in [5.74, 6) is 1.56. The number of aryl methyl sites for hydroxylation is 2. The Hall–Kier alpha value is -1.62. The molecule has 0 amide bonds. The van der Waals surface area contributed by atoms with Crippen molar-refractivity contribution in [1.82, 2.24) is 9.97 Å². The SMILES string of the molecule is CNc1cc(Nc2cc(C)c(Br)c(C)c2)ncn1. The Labute approximate surface area is 115 Å². The summed E-state index contributed by atoms with van der Waals surface area (Å²) >= 11 is 3.56. The van der Waals surface area contributed by atoms with E-state index in [4.69, 9.17) is 0 Å². The number of halogens is 1. The lowest BCUT2D eigenvalue weighted by atomic mass is 10.1. The zero-order chi connectivity index (χ0) is 13.1. The molecule has 1 heterocycles. The second-order valence-corrected chi connectivity index (χ2v) is 4.88. The molecule has 0 bridgehead atoms. The molecule has 2 aromatic rings. The molecule has 1 aromatic carbocycles. The summed E-state index contributed by atoms with van der Waals surface area (Å²) < 4.78 is 1.15. The van der Waals surface area contributed by atoms with Crippen molar-refractivity contribution in [2.45, 2.75) is 13.8 Å². The van der Waals surface area contributed by atoms with Gasteiger partial charge in [-0.15, -0.1) is 0 Å². The van der Waals surface area contributed by atoms with Crippen molar-refractivity contribution < 1.29 is 0 Å². The first-order valence-corrected chi connectivity index (χ1v) is 6.43. The van der Waals surface area contributed by atoms with Gasteiger partial charge >= 0.3 is 0 Å². The molecule has 0 aliphatic carbocycles. The number of rotatable bonds is 3. The first-order chi connectivity index (χ1) is 8.60. The predicted octanol–water partition coefficient (Wildman–Crippen LogP) is 3.64. The summed E-state index contributed by atoms with van der Waals surface area (Å²) in [4.78, 5) is 8.27. The molecular formula is C13H15BrN4. The normalized spacial score (nSPS) is 10.2. The minimum absolute atomic E-state index is 0.774. The molecule has 5 heteroatoms. The van der Waals surface area contributed by atoms with Crippen molar-refractivity contribution in [3.05, 3.63) is 40.1 Å². The fourth-order valence-corrected chi connectivity index (χ4v) is 1.96. The van der Waals surface area contributed by atoms with Crippen molar-refractivity contribution >= 4 is 33.3 Å². The molecule has 0 unspecified atom stereocenters. The van der Waals surface area contributed by atoms with Crippen LogP contribution in [-0.2, 0) is 0 Å². The van der Waals surface area contributed by atoms with Crippen molar-refractivity contribution in [3.8, 4) is 0 Å². The zero-order valence-corrected chi connectivity index (χ0v) is 12.2. The monoisotopic (exact) mass is 306 g/mol. The van der Waals surface area contributed by atoms with Gasteiger partial charge in [0.1, 0.15) is 18.0 Å². The van der Waals surface area contributed by atoms with Crippen LogP contribution in [0.25, 0.3) is 0 Å². The number of aromatic nitrogens is 2. The van der Waals surface area contributed by atoms with Crippen LogP contribution in [0, 0.1) is 13.8 Å². The Morgan fingerprint density at radius 2 is 1.61 bits per heavy atom. The maximum Gasteiger partial charge on any atom is 0.135 e. The molecule has 2 N–H and O–H groups in total. The lowest BCUT2D eigenvalue weighted by molar-refractivity contribution is 1.16. The zero-order valence-electron chi connectivity index (χ0n) is 10.6. The van der Waals surface area contributed by atoms with Crippen LogP contribution in [0.3, 0.4) is 0 Å². The first-order valence-electron chi connectivity index (χ1n) is 5.63. The fraction of sp³-hybridized carbons (Fsp3) is 0.231. The lowest BCUT2D eigenvalue weighted by Crippen LogP contribution is -1.98. The van der Waals surface area contributed by atoms with Gasteiger partial charge < -0.3 is 10.6 Å². The Morgan fingerprint density at radius 1 is 1.00 bits per heavy atom. The summed E-state index contributed by atoms with van der Waals surface area (Å²) in [5, 5.41) is 6.26. The van der Waals surface area contributed by atoms with Crippen LogP contribution in [0.1, 0.15) is 11.1 Å². The molecular weight excluding hydrogens is 292 g/mol. The highest BCUT2D eigenvalue weighted by Gasteiger charge is 2.03. The van der Waals surface area contributed by atoms with Crippen LogP contribution >= 0.6 is 15.9 Å². The molecule has 94 valence electrons. The third-order valence-corrected chi connectivity index (χ3v) is 3.88. The predicted molar refractivity (Wildman–Crippen MR) is 78.5 cm³/mol. The summed E-state index contributed by atoms with van der Waals surface area (Å²) in [7, 11) is 1.83. The summed E-state index contributed by atoms with van der Waals surface area (Å²) in [5.41, 5.74) is 3.41. The molecule has 0 aliphatic heterocycles. The highest BCUT2D eigenvalue weighted by atomic mass is 79.9. The third kappa shape index (κ3) is 2.79. The van der Waals surface area contributed by atoms with Crippen LogP contribution in [0.2, 0.25) is 0 Å². The second-order valence-electron chi connectivity index (χ2n) is 4.09. The standard InChI is InChI=1S/C13H15BrN4/c1-8-4-10(5-9(2)13(8)14)18-12-6-11(15-3)16-7-17-12/h4-7H,1-3H3,(H2,15,16,17,18). The van der Waals surface area contributed by atoms with Crippen LogP contribution in [0.4, 0.5) is 17.3 Å². The Morgan fingerprint density at radius 3 is 2.22 bits per heavy atom. The largest absolute Gasteiger partial charge is 0.373 e. The van der Waals surface area contributed by atoms with E-state index in [0.717, 1.165) is 21.8 Å². The number of benzene rings is 1. The fourth-order valence-electron chi connectivity index (χ4n) is 1.73. The maximum atomic E-state index is 4.19. The first kappa shape index (κ1) is 12.8. The smallest absolute Gasteiger partial charge is 0.135 e. The number of anilines is 3. The molecule has 0 radical (unpaired) electrons. The minimum Gasteiger partial charge on any atom is -0.373 e. The van der Waals surface area contributed by atoms with Gasteiger partial charge in [-0.2, -0.15) is 0 Å². The Kier molecular flexibility index (Phi) is 3.81. The van der Waals surface area contributed by atoms with Gasteiger partial charge in [0, 0.05) is 23.3 Å². The van der Waals surface area contributed by atoms with Crippen LogP contribution in [0.5, 0.6) is 0 Å². The van der Waals surface area contributed by atoms with E-state index < -0.39 is 0 Å². The second kappa shape index (κ2) is 5.35. The highest BCUT2D eigenvalue weighted by molar-refractivity contribution is 9.10. The van der Waals surface area contributed by atoms with E-state index in [9.17, 15) is 0 Å². The van der Waals surface area contributed by atoms with Gasteiger partial charge in [-0.3, -0.25) is 0 Å². The van der Waals surface area contributed by atoms with Gasteiger partial charge in [-0.25, -0.2) is 9.97 Å². The van der Waals surface area contributed by atoms with E-state index in [1.54, 1.807) is 0 Å². The molecule has 0 saturated heterocycles. The topological polar surface area (TPSA) is 49.8 Å². The quantitative estimate of drug-likeness (QED) is 0.909. The van der Waals surface area contributed by atoms with E-state index in [-0.39, 0.29) is 0 Å². The molecule has 0 atom stereocenters. The lowest BCUT2D eigenvalue weighted by Gasteiger charge is -2.10. The Bertz CT molecular complexity index is 546. The molecule has 18 heavy (non-hydrogen) atoms. The van der Waals surface area contributed by atoms with Gasteiger partial charge in [-0.1, -0.05) is 15.9 Å².